The molecule has 58 valence electrons. The molecule has 0 aliphatic carbocycles. The van der Waals surface area contributed by atoms with Crippen molar-refractivity contribution in [3.63, 3.8) is 0 Å². The molecule has 1 aliphatic rings. The summed E-state index contributed by atoms with van der Waals surface area (Å²) in [6.07, 6.45) is -0.597. The molecular formula is C7H18FN. The van der Waals surface area contributed by atoms with Crippen molar-refractivity contribution in [1.29, 1.82) is 0 Å². The summed E-state index contributed by atoms with van der Waals surface area (Å²) in [6, 6.07) is 0. The van der Waals surface area contributed by atoms with Crippen molar-refractivity contribution in [1.82, 2.24) is 5.32 Å². The van der Waals surface area contributed by atoms with Gasteiger partial charge in [0, 0.05) is 20.4 Å². The van der Waals surface area contributed by atoms with Gasteiger partial charge in [-0.3, -0.25) is 0 Å². The van der Waals surface area contributed by atoms with Gasteiger partial charge in [0.2, 0.25) is 0 Å². The van der Waals surface area contributed by atoms with E-state index in [0.717, 1.165) is 6.54 Å². The zero-order valence-electron chi connectivity index (χ0n) is 6.45. The molecule has 1 aliphatic heterocycles. The Hall–Kier alpha value is -0.110. The highest BCUT2D eigenvalue weighted by Gasteiger charge is 2.21. The third-order valence-electron chi connectivity index (χ3n) is 1.42. The van der Waals surface area contributed by atoms with Crippen LogP contribution >= 0.6 is 0 Å². The maximum absolute atomic E-state index is 12.3. The topological polar surface area (TPSA) is 12.0 Å². The second kappa shape index (κ2) is 4.74. The first-order valence-electron chi connectivity index (χ1n) is 3.65. The van der Waals surface area contributed by atoms with Crippen molar-refractivity contribution < 1.29 is 5.82 Å². The van der Waals surface area contributed by atoms with Crippen LogP contribution in [0.4, 0.5) is 4.39 Å². The van der Waals surface area contributed by atoms with E-state index in [0.29, 0.717) is 6.54 Å². The molecule has 1 fully saturated rings. The number of nitrogens with one attached hydrogen (secondary N) is 1. The van der Waals surface area contributed by atoms with Gasteiger partial charge in [-0.2, -0.15) is 0 Å². The van der Waals surface area contributed by atoms with Gasteiger partial charge < -0.3 is 5.32 Å². The molecule has 2 atom stereocenters. The highest BCUT2D eigenvalue weighted by atomic mass is 19.1. The van der Waals surface area contributed by atoms with Crippen LogP contribution in [0.3, 0.4) is 0 Å². The molecule has 1 nitrogen and oxygen atoms in total. The standard InChI is InChI=1S/C5H10FN.C2H6.H2/c1-4-2-7-3-5(4)6;1-2;/h4-5,7H,2-3H2,1H3;1-2H3;1H. The van der Waals surface area contributed by atoms with Gasteiger partial charge in [0.25, 0.3) is 0 Å². The molecule has 1 heterocycles. The molecule has 0 amide bonds. The summed E-state index contributed by atoms with van der Waals surface area (Å²) in [5.41, 5.74) is 0. The zero-order chi connectivity index (χ0) is 7.28. The lowest BCUT2D eigenvalue weighted by atomic mass is 10.1. The molecule has 0 bridgehead atoms. The molecule has 1 rings (SSSR count). The van der Waals surface area contributed by atoms with E-state index in [1.165, 1.54) is 0 Å². The molecule has 1 saturated heterocycles. The first-order valence-corrected chi connectivity index (χ1v) is 3.65. The van der Waals surface area contributed by atoms with E-state index in [2.05, 4.69) is 5.32 Å². The summed E-state index contributed by atoms with van der Waals surface area (Å²) >= 11 is 0. The maximum atomic E-state index is 12.3. The maximum Gasteiger partial charge on any atom is 0.116 e. The van der Waals surface area contributed by atoms with Gasteiger partial charge in [-0.15, -0.1) is 0 Å². The second-order valence-electron chi connectivity index (χ2n) is 2.15. The third kappa shape index (κ3) is 2.80. The third-order valence-corrected chi connectivity index (χ3v) is 1.42. The molecule has 0 saturated carbocycles. The van der Waals surface area contributed by atoms with E-state index in [9.17, 15) is 4.39 Å². The second-order valence-corrected chi connectivity index (χ2v) is 2.15. The van der Waals surface area contributed by atoms with Crippen LogP contribution in [-0.4, -0.2) is 19.3 Å². The predicted molar refractivity (Wildman–Crippen MR) is 40.4 cm³/mol. The Morgan fingerprint density at radius 1 is 1.44 bits per heavy atom. The lowest BCUT2D eigenvalue weighted by molar-refractivity contribution is 0.298. The van der Waals surface area contributed by atoms with Crippen LogP contribution in [-0.2, 0) is 0 Å². The number of hydrogen-bond acceptors (Lipinski definition) is 1. The van der Waals surface area contributed by atoms with Crippen LogP contribution in [0.2, 0.25) is 0 Å². The van der Waals surface area contributed by atoms with E-state index in [-0.39, 0.29) is 7.34 Å². The van der Waals surface area contributed by atoms with E-state index in [1.807, 2.05) is 20.8 Å². The fraction of sp³-hybridized carbons (Fsp3) is 1.00. The Morgan fingerprint density at radius 2 is 2.00 bits per heavy atom. The van der Waals surface area contributed by atoms with E-state index < -0.39 is 6.17 Å². The van der Waals surface area contributed by atoms with Crippen molar-refractivity contribution in [3.8, 4) is 0 Å². The van der Waals surface area contributed by atoms with Crippen molar-refractivity contribution in [2.45, 2.75) is 26.9 Å². The Balaban J connectivity index is 0. The first kappa shape index (κ1) is 8.89. The average Bonchev–Trinajstić information content (AvgIpc) is 2.23. The average molecular weight is 135 g/mol. The molecule has 0 aromatic carbocycles. The molecule has 0 aromatic rings. The van der Waals surface area contributed by atoms with Crippen molar-refractivity contribution >= 4 is 0 Å². The van der Waals surface area contributed by atoms with Gasteiger partial charge in [0.15, 0.2) is 0 Å². The number of halogens is 1. The molecule has 9 heavy (non-hydrogen) atoms. The predicted octanol–water partition coefficient (Wildman–Crippen LogP) is 1.84. The van der Waals surface area contributed by atoms with Gasteiger partial charge in [-0.25, -0.2) is 4.39 Å². The van der Waals surface area contributed by atoms with Gasteiger partial charge in [-0.1, -0.05) is 20.8 Å². The highest BCUT2D eigenvalue weighted by molar-refractivity contribution is 4.76. The minimum absolute atomic E-state index is 0. The van der Waals surface area contributed by atoms with E-state index in [4.69, 9.17) is 0 Å². The highest BCUT2D eigenvalue weighted by Crippen LogP contribution is 2.09. The van der Waals surface area contributed by atoms with Gasteiger partial charge in [0.1, 0.15) is 6.17 Å². The van der Waals surface area contributed by atoms with E-state index >= 15 is 0 Å². The van der Waals surface area contributed by atoms with Crippen LogP contribution in [0, 0.1) is 5.92 Å². The molecular weight excluding hydrogens is 117 g/mol. The monoisotopic (exact) mass is 135 g/mol. The summed E-state index contributed by atoms with van der Waals surface area (Å²) in [4.78, 5) is 0. The largest absolute Gasteiger partial charge is 0.313 e. The summed E-state index contributed by atoms with van der Waals surface area (Å²) in [5, 5.41) is 2.95. The van der Waals surface area contributed by atoms with Crippen LogP contribution in [0.25, 0.3) is 0 Å². The fourth-order valence-electron chi connectivity index (χ4n) is 0.778. The number of hydrogen-bond donors (Lipinski definition) is 1. The van der Waals surface area contributed by atoms with Crippen LogP contribution in [0.15, 0.2) is 0 Å². The summed E-state index contributed by atoms with van der Waals surface area (Å²) in [7, 11) is 0. The smallest absolute Gasteiger partial charge is 0.116 e. The fourth-order valence-corrected chi connectivity index (χ4v) is 0.778. The molecule has 2 heteroatoms. The van der Waals surface area contributed by atoms with Gasteiger partial charge >= 0.3 is 0 Å². The van der Waals surface area contributed by atoms with Crippen LogP contribution < -0.4 is 5.32 Å². The summed E-state index contributed by atoms with van der Waals surface area (Å²) in [6.45, 7) is 7.33. The number of rotatable bonds is 0. The van der Waals surface area contributed by atoms with Crippen molar-refractivity contribution in [3.05, 3.63) is 0 Å². The lowest BCUT2D eigenvalue weighted by Gasteiger charge is -1.99. The zero-order valence-corrected chi connectivity index (χ0v) is 6.45. The van der Waals surface area contributed by atoms with Gasteiger partial charge in [-0.05, 0) is 0 Å². The normalized spacial score (nSPS) is 33.3. The molecule has 2 unspecified atom stereocenters. The van der Waals surface area contributed by atoms with Crippen LogP contribution in [0.5, 0.6) is 0 Å². The minimum atomic E-state index is -0.597. The van der Waals surface area contributed by atoms with Gasteiger partial charge in [0.05, 0.1) is 0 Å². The van der Waals surface area contributed by atoms with E-state index in [1.54, 1.807) is 0 Å². The molecule has 0 spiro atoms. The molecule has 0 aromatic heterocycles. The number of alkyl halides is 1. The molecule has 1 N–H and O–H groups in total. The quantitative estimate of drug-likeness (QED) is 0.534. The molecule has 0 radical (unpaired) electrons. The SMILES string of the molecule is CC.CC1CNCC1F.[HH]. The summed E-state index contributed by atoms with van der Waals surface area (Å²) in [5.74, 6) is 0.236. The Morgan fingerprint density at radius 3 is 2.11 bits per heavy atom. The van der Waals surface area contributed by atoms with Crippen molar-refractivity contribution in [2.24, 2.45) is 5.92 Å². The minimum Gasteiger partial charge on any atom is -0.313 e. The van der Waals surface area contributed by atoms with Crippen molar-refractivity contribution in [2.75, 3.05) is 13.1 Å². The Bertz CT molecular complexity index is 62.6. The summed E-state index contributed by atoms with van der Waals surface area (Å²) < 4.78 is 12.3. The van der Waals surface area contributed by atoms with Crippen LogP contribution in [0.1, 0.15) is 22.2 Å². The first-order chi connectivity index (χ1) is 4.30. The Labute approximate surface area is 58.1 Å². The Kier molecular flexibility index (Phi) is 4.68. The lowest BCUT2D eigenvalue weighted by Crippen LogP contribution is -2.08.